The van der Waals surface area contributed by atoms with Crippen LogP contribution in [0.25, 0.3) is 0 Å². The second-order valence-electron chi connectivity index (χ2n) is 8.56. The third kappa shape index (κ3) is 5.31. The van der Waals surface area contributed by atoms with Gasteiger partial charge in [0.25, 0.3) is 0 Å². The smallest absolute Gasteiger partial charge is 0.494 e. The molecule has 0 saturated carbocycles. The summed E-state index contributed by atoms with van der Waals surface area (Å²) >= 11 is 0. The van der Waals surface area contributed by atoms with Crippen molar-refractivity contribution in [2.75, 3.05) is 13.2 Å². The van der Waals surface area contributed by atoms with E-state index >= 15 is 0 Å². The summed E-state index contributed by atoms with van der Waals surface area (Å²) in [5.41, 5.74) is 1.39. The van der Waals surface area contributed by atoms with Crippen molar-refractivity contribution in [2.45, 2.75) is 58.3 Å². The Kier molecular flexibility index (Phi) is 7.34. The summed E-state index contributed by atoms with van der Waals surface area (Å²) in [7, 11) is -0.638. The van der Waals surface area contributed by atoms with Gasteiger partial charge in [0.1, 0.15) is 12.0 Å². The van der Waals surface area contributed by atoms with Gasteiger partial charge in [-0.15, -0.1) is 0 Å². The highest BCUT2D eigenvalue weighted by molar-refractivity contribution is 6.64. The third-order valence-electron chi connectivity index (χ3n) is 5.77. The van der Waals surface area contributed by atoms with Crippen molar-refractivity contribution in [2.24, 2.45) is 0 Å². The molecule has 0 bridgehead atoms. The van der Waals surface area contributed by atoms with Crippen LogP contribution in [-0.2, 0) is 20.7 Å². The van der Waals surface area contributed by atoms with Crippen LogP contribution in [0.1, 0.15) is 56.5 Å². The van der Waals surface area contributed by atoms with E-state index in [1.807, 2.05) is 58.0 Å². The van der Waals surface area contributed by atoms with Gasteiger partial charge in [0.05, 0.1) is 24.4 Å². The topological polar surface area (TPSA) is 54.0 Å². The maximum absolute atomic E-state index is 11.6. The molecule has 1 fully saturated rings. The van der Waals surface area contributed by atoms with Crippen LogP contribution in [0.5, 0.6) is 5.75 Å². The number of ether oxygens (including phenoxy) is 2. The Bertz CT molecular complexity index is 819. The lowest BCUT2D eigenvalue weighted by Gasteiger charge is -2.32. The van der Waals surface area contributed by atoms with Crippen LogP contribution in [0.15, 0.2) is 48.5 Å². The lowest BCUT2D eigenvalue weighted by Crippen LogP contribution is -2.41. The number of hydrogen-bond donors (Lipinski definition) is 0. The van der Waals surface area contributed by atoms with Gasteiger partial charge in [-0.2, -0.15) is 0 Å². The molecule has 0 radical (unpaired) electrons. The van der Waals surface area contributed by atoms with Crippen LogP contribution >= 0.6 is 0 Å². The Balaban J connectivity index is 1.53. The van der Waals surface area contributed by atoms with Crippen LogP contribution in [-0.4, -0.2) is 37.8 Å². The number of unbranched alkanes of at least 4 members (excludes halogenated alkanes) is 1. The van der Waals surface area contributed by atoms with E-state index in [2.05, 4.69) is 12.1 Å². The van der Waals surface area contributed by atoms with Crippen LogP contribution in [0, 0.1) is 0 Å². The average molecular weight is 410 g/mol. The summed E-state index contributed by atoms with van der Waals surface area (Å²) in [5.74, 6) is 0.628. The molecule has 1 aliphatic rings. The minimum atomic E-state index is -0.638. The molecule has 0 unspecified atom stereocenters. The molecule has 2 aromatic rings. The summed E-state index contributed by atoms with van der Waals surface area (Å²) in [4.78, 5) is 11.6. The van der Waals surface area contributed by atoms with E-state index in [1.165, 1.54) is 5.56 Å². The number of aldehydes is 1. The average Bonchev–Trinajstić information content (AvgIpc) is 2.94. The Morgan fingerprint density at radius 3 is 2.23 bits per heavy atom. The first-order valence-corrected chi connectivity index (χ1v) is 10.5. The molecule has 0 amide bonds. The monoisotopic (exact) mass is 410 g/mol. The van der Waals surface area contributed by atoms with E-state index in [4.69, 9.17) is 18.8 Å². The predicted octanol–water partition coefficient (Wildman–Crippen LogP) is 4.17. The number of rotatable bonds is 10. The number of hydrogen-bond acceptors (Lipinski definition) is 5. The molecule has 2 aromatic carbocycles. The molecule has 160 valence electrons. The second kappa shape index (κ2) is 9.77. The van der Waals surface area contributed by atoms with E-state index < -0.39 is 18.3 Å². The fourth-order valence-electron chi connectivity index (χ4n) is 3.26. The van der Waals surface area contributed by atoms with Gasteiger partial charge in [-0.05, 0) is 52.2 Å². The molecule has 0 aromatic heterocycles. The standard InChI is InChI=1S/C24H31BO5/c1-23(2)24(3,4)30-25(29-23)22-20(17-26)13-10-14-21(22)28-16-9-8-15-27-18-19-11-6-5-7-12-19/h5-7,10-14,17H,8-9,15-16,18H2,1-4H3. The van der Waals surface area contributed by atoms with Crippen molar-refractivity contribution < 1.29 is 23.6 Å². The maximum atomic E-state index is 11.6. The van der Waals surface area contributed by atoms with Gasteiger partial charge in [-0.3, -0.25) is 4.79 Å². The fourth-order valence-corrected chi connectivity index (χ4v) is 3.26. The van der Waals surface area contributed by atoms with E-state index in [-0.39, 0.29) is 0 Å². The SMILES string of the molecule is CC1(C)OB(c2c(C=O)cccc2OCCCCOCc2ccccc2)OC1(C)C. The van der Waals surface area contributed by atoms with Gasteiger partial charge < -0.3 is 18.8 Å². The summed E-state index contributed by atoms with van der Waals surface area (Å²) in [6.45, 7) is 9.80. The molecule has 0 atom stereocenters. The summed E-state index contributed by atoms with van der Waals surface area (Å²) < 4.78 is 24.0. The van der Waals surface area contributed by atoms with Crippen LogP contribution in [0.2, 0.25) is 0 Å². The van der Waals surface area contributed by atoms with Crippen LogP contribution < -0.4 is 10.2 Å². The highest BCUT2D eigenvalue weighted by Crippen LogP contribution is 2.37. The van der Waals surface area contributed by atoms with Gasteiger partial charge >= 0.3 is 7.12 Å². The van der Waals surface area contributed by atoms with Crippen molar-refractivity contribution >= 4 is 18.9 Å². The van der Waals surface area contributed by atoms with Crippen molar-refractivity contribution in [1.82, 2.24) is 0 Å². The first-order chi connectivity index (χ1) is 14.3. The molecule has 1 saturated heterocycles. The van der Waals surface area contributed by atoms with Crippen molar-refractivity contribution in [1.29, 1.82) is 0 Å². The summed E-state index contributed by atoms with van der Waals surface area (Å²) in [6, 6.07) is 15.6. The highest BCUT2D eigenvalue weighted by Gasteiger charge is 2.53. The molecule has 0 aliphatic carbocycles. The molecule has 6 heteroatoms. The van der Waals surface area contributed by atoms with Gasteiger partial charge in [-0.25, -0.2) is 0 Å². The third-order valence-corrected chi connectivity index (χ3v) is 5.77. The lowest BCUT2D eigenvalue weighted by molar-refractivity contribution is 0.00578. The van der Waals surface area contributed by atoms with E-state index in [9.17, 15) is 4.79 Å². The van der Waals surface area contributed by atoms with E-state index in [0.717, 1.165) is 19.1 Å². The van der Waals surface area contributed by atoms with Gasteiger partial charge in [-0.1, -0.05) is 42.5 Å². The fraction of sp³-hybridized carbons (Fsp3) is 0.458. The summed E-state index contributed by atoms with van der Waals surface area (Å²) in [5, 5.41) is 0. The molecule has 5 nitrogen and oxygen atoms in total. The van der Waals surface area contributed by atoms with Crippen LogP contribution in [0.3, 0.4) is 0 Å². The Labute approximate surface area is 179 Å². The molecule has 1 heterocycles. The Morgan fingerprint density at radius 2 is 1.57 bits per heavy atom. The normalized spacial score (nSPS) is 17.1. The quantitative estimate of drug-likeness (QED) is 0.334. The molecule has 30 heavy (non-hydrogen) atoms. The molecule has 0 spiro atoms. The Hall–Kier alpha value is -2.15. The van der Waals surface area contributed by atoms with Crippen molar-refractivity contribution in [3.05, 3.63) is 59.7 Å². The predicted molar refractivity (Wildman–Crippen MR) is 118 cm³/mol. The van der Waals surface area contributed by atoms with Crippen LogP contribution in [0.4, 0.5) is 0 Å². The molecular formula is C24H31BO5. The zero-order valence-electron chi connectivity index (χ0n) is 18.4. The van der Waals surface area contributed by atoms with E-state index in [1.54, 1.807) is 6.07 Å². The molecule has 0 N–H and O–H groups in total. The van der Waals surface area contributed by atoms with Crippen molar-refractivity contribution in [3.63, 3.8) is 0 Å². The molecule has 1 aliphatic heterocycles. The number of benzene rings is 2. The van der Waals surface area contributed by atoms with Gasteiger partial charge in [0.15, 0.2) is 0 Å². The number of carbonyl (C=O) groups is 1. The summed E-state index contributed by atoms with van der Waals surface area (Å²) in [6.07, 6.45) is 2.57. The Morgan fingerprint density at radius 1 is 0.900 bits per heavy atom. The van der Waals surface area contributed by atoms with Crippen molar-refractivity contribution in [3.8, 4) is 5.75 Å². The maximum Gasteiger partial charge on any atom is 0.499 e. The van der Waals surface area contributed by atoms with Gasteiger partial charge in [0.2, 0.25) is 0 Å². The van der Waals surface area contributed by atoms with Gasteiger partial charge in [0, 0.05) is 17.6 Å². The minimum Gasteiger partial charge on any atom is -0.494 e. The zero-order chi connectivity index (χ0) is 21.6. The minimum absolute atomic E-state index is 0.485. The highest BCUT2D eigenvalue weighted by atomic mass is 16.7. The molecular weight excluding hydrogens is 379 g/mol. The van der Waals surface area contributed by atoms with E-state index in [0.29, 0.717) is 36.6 Å². The number of carbonyl (C=O) groups excluding carboxylic acids is 1. The first-order valence-electron chi connectivity index (χ1n) is 10.5. The second-order valence-corrected chi connectivity index (χ2v) is 8.56. The molecule has 3 rings (SSSR count). The zero-order valence-corrected chi connectivity index (χ0v) is 18.4. The largest absolute Gasteiger partial charge is 0.499 e. The lowest BCUT2D eigenvalue weighted by atomic mass is 9.75. The first kappa shape index (κ1) is 22.5.